The first kappa shape index (κ1) is 13.6. The summed E-state index contributed by atoms with van der Waals surface area (Å²) in [4.78, 5) is 11.6. The Morgan fingerprint density at radius 1 is 1.05 bits per heavy atom. The van der Waals surface area contributed by atoms with Gasteiger partial charge in [-0.15, -0.1) is 0 Å². The Morgan fingerprint density at radius 3 is 2.47 bits per heavy atom. The van der Waals surface area contributed by atoms with Crippen molar-refractivity contribution in [3.63, 3.8) is 0 Å². The number of ether oxygens (including phenoxy) is 1. The van der Waals surface area contributed by atoms with Crippen LogP contribution in [0.4, 0.5) is 4.79 Å². The second kappa shape index (κ2) is 6.95. The molecule has 1 amide bonds. The Kier molecular flexibility index (Phi) is 4.98. The third kappa shape index (κ3) is 4.41. The number of alkyl carbamates (subject to hydrolysis) is 1. The van der Waals surface area contributed by atoms with Crippen molar-refractivity contribution in [2.45, 2.75) is 13.2 Å². The zero-order chi connectivity index (χ0) is 13.5. The molecule has 2 rings (SSSR count). The monoisotopic (exact) mass is 319 g/mol. The van der Waals surface area contributed by atoms with Crippen molar-refractivity contribution in [1.82, 2.24) is 5.32 Å². The highest BCUT2D eigenvalue weighted by Gasteiger charge is 2.04. The maximum Gasteiger partial charge on any atom is 0.407 e. The molecule has 3 nitrogen and oxygen atoms in total. The van der Waals surface area contributed by atoms with E-state index in [1.807, 2.05) is 54.6 Å². The van der Waals surface area contributed by atoms with Crippen LogP contribution in [0, 0.1) is 0 Å². The van der Waals surface area contributed by atoms with Gasteiger partial charge in [-0.25, -0.2) is 4.79 Å². The molecule has 0 saturated heterocycles. The Bertz CT molecular complexity index is 543. The molecule has 0 heterocycles. The van der Waals surface area contributed by atoms with Crippen molar-refractivity contribution in [1.29, 1.82) is 0 Å². The molecule has 4 heteroatoms. The van der Waals surface area contributed by atoms with E-state index in [1.165, 1.54) is 0 Å². The molecule has 0 fully saturated rings. The molecule has 0 aliphatic heterocycles. The molecule has 0 saturated carbocycles. The summed E-state index contributed by atoms with van der Waals surface area (Å²) in [6.07, 6.45) is -0.417. The van der Waals surface area contributed by atoms with Gasteiger partial charge in [-0.2, -0.15) is 0 Å². The van der Waals surface area contributed by atoms with Crippen LogP contribution in [0.3, 0.4) is 0 Å². The summed E-state index contributed by atoms with van der Waals surface area (Å²) in [5.41, 5.74) is 1.98. The smallest absolute Gasteiger partial charge is 0.407 e. The van der Waals surface area contributed by atoms with Crippen LogP contribution in [0.15, 0.2) is 59.1 Å². The van der Waals surface area contributed by atoms with Gasteiger partial charge in [0.25, 0.3) is 0 Å². The Balaban J connectivity index is 1.78. The molecule has 0 spiro atoms. The third-order valence-corrected chi connectivity index (χ3v) is 3.37. The number of hydrogen-bond donors (Lipinski definition) is 1. The van der Waals surface area contributed by atoms with E-state index < -0.39 is 6.09 Å². The highest BCUT2D eigenvalue weighted by Crippen LogP contribution is 2.15. The lowest BCUT2D eigenvalue weighted by Crippen LogP contribution is -2.23. The first-order valence-corrected chi connectivity index (χ1v) is 6.73. The maximum absolute atomic E-state index is 11.6. The number of halogens is 1. The van der Waals surface area contributed by atoms with Gasteiger partial charge in [-0.3, -0.25) is 0 Å². The fourth-order valence-corrected chi connectivity index (χ4v) is 2.01. The van der Waals surface area contributed by atoms with Gasteiger partial charge in [0.15, 0.2) is 0 Å². The second-order valence-corrected chi connectivity index (χ2v) is 4.86. The van der Waals surface area contributed by atoms with Crippen molar-refractivity contribution in [2.24, 2.45) is 0 Å². The lowest BCUT2D eigenvalue weighted by molar-refractivity contribution is 0.139. The van der Waals surface area contributed by atoms with Crippen molar-refractivity contribution >= 4 is 22.0 Å². The molecule has 0 aliphatic carbocycles. The SMILES string of the molecule is O=C(NCc1ccccc1Br)OCc1ccccc1. The van der Waals surface area contributed by atoms with Crippen molar-refractivity contribution in [3.8, 4) is 0 Å². The van der Waals surface area contributed by atoms with Crippen LogP contribution in [0.5, 0.6) is 0 Å². The van der Waals surface area contributed by atoms with E-state index in [4.69, 9.17) is 4.74 Å². The van der Waals surface area contributed by atoms with Gasteiger partial charge in [-0.05, 0) is 17.2 Å². The Labute approximate surface area is 120 Å². The maximum atomic E-state index is 11.6. The average Bonchev–Trinajstić information content (AvgIpc) is 2.45. The van der Waals surface area contributed by atoms with Crippen LogP contribution in [0.2, 0.25) is 0 Å². The predicted octanol–water partition coefficient (Wildman–Crippen LogP) is 3.88. The third-order valence-electron chi connectivity index (χ3n) is 2.59. The highest BCUT2D eigenvalue weighted by molar-refractivity contribution is 9.10. The summed E-state index contributed by atoms with van der Waals surface area (Å²) in [5, 5.41) is 2.72. The zero-order valence-corrected chi connectivity index (χ0v) is 11.9. The van der Waals surface area contributed by atoms with Crippen LogP contribution >= 0.6 is 15.9 Å². The number of nitrogens with one attached hydrogen (secondary N) is 1. The average molecular weight is 320 g/mol. The molecule has 98 valence electrons. The number of rotatable bonds is 4. The van der Waals surface area contributed by atoms with E-state index in [2.05, 4.69) is 21.2 Å². The van der Waals surface area contributed by atoms with E-state index >= 15 is 0 Å². The number of benzene rings is 2. The number of hydrogen-bond acceptors (Lipinski definition) is 2. The standard InChI is InChI=1S/C15H14BrNO2/c16-14-9-5-4-8-13(14)10-17-15(18)19-11-12-6-2-1-3-7-12/h1-9H,10-11H2,(H,17,18). The normalized spacial score (nSPS) is 9.95. The van der Waals surface area contributed by atoms with Crippen molar-refractivity contribution in [2.75, 3.05) is 0 Å². The summed E-state index contributed by atoms with van der Waals surface area (Å²) in [6.45, 7) is 0.720. The molecule has 0 aromatic heterocycles. The zero-order valence-electron chi connectivity index (χ0n) is 10.3. The molecule has 1 N–H and O–H groups in total. The van der Waals surface area contributed by atoms with Crippen LogP contribution < -0.4 is 5.32 Å². The van der Waals surface area contributed by atoms with Crippen LogP contribution in [-0.4, -0.2) is 6.09 Å². The second-order valence-electron chi connectivity index (χ2n) is 4.01. The fourth-order valence-electron chi connectivity index (χ4n) is 1.58. The molecule has 0 radical (unpaired) electrons. The summed E-state index contributed by atoms with van der Waals surface area (Å²) in [5.74, 6) is 0. The van der Waals surface area contributed by atoms with Crippen LogP contribution in [0.25, 0.3) is 0 Å². The van der Waals surface area contributed by atoms with Gasteiger partial charge in [0, 0.05) is 11.0 Å². The fraction of sp³-hybridized carbons (Fsp3) is 0.133. The first-order chi connectivity index (χ1) is 9.25. The van der Waals surface area contributed by atoms with E-state index in [0.717, 1.165) is 15.6 Å². The Morgan fingerprint density at radius 2 is 1.74 bits per heavy atom. The number of carbonyl (C=O) groups is 1. The summed E-state index contributed by atoms with van der Waals surface area (Å²) in [7, 11) is 0. The van der Waals surface area contributed by atoms with Gasteiger partial charge < -0.3 is 10.1 Å². The number of amides is 1. The molecular weight excluding hydrogens is 306 g/mol. The molecule has 2 aromatic carbocycles. The molecule has 0 aliphatic rings. The molecule has 0 atom stereocenters. The van der Waals surface area contributed by atoms with Gasteiger partial charge >= 0.3 is 6.09 Å². The lowest BCUT2D eigenvalue weighted by Gasteiger charge is -2.08. The lowest BCUT2D eigenvalue weighted by atomic mass is 10.2. The van der Waals surface area contributed by atoms with Crippen LogP contribution in [0.1, 0.15) is 11.1 Å². The molecule has 2 aromatic rings. The summed E-state index contributed by atoms with van der Waals surface area (Å²) >= 11 is 3.43. The topological polar surface area (TPSA) is 38.3 Å². The minimum atomic E-state index is -0.417. The summed E-state index contributed by atoms with van der Waals surface area (Å²) < 4.78 is 6.10. The van der Waals surface area contributed by atoms with Gasteiger partial charge in [0.2, 0.25) is 0 Å². The molecular formula is C15H14BrNO2. The van der Waals surface area contributed by atoms with Gasteiger partial charge in [-0.1, -0.05) is 64.5 Å². The minimum absolute atomic E-state index is 0.280. The molecule has 0 bridgehead atoms. The molecule has 0 unspecified atom stereocenters. The molecule has 19 heavy (non-hydrogen) atoms. The van der Waals surface area contributed by atoms with Crippen molar-refractivity contribution in [3.05, 3.63) is 70.2 Å². The van der Waals surface area contributed by atoms with Crippen LogP contribution in [-0.2, 0) is 17.9 Å². The number of carbonyl (C=O) groups excluding carboxylic acids is 1. The largest absolute Gasteiger partial charge is 0.445 e. The van der Waals surface area contributed by atoms with Gasteiger partial charge in [0.1, 0.15) is 6.61 Å². The summed E-state index contributed by atoms with van der Waals surface area (Å²) in [6, 6.07) is 17.3. The van der Waals surface area contributed by atoms with E-state index in [1.54, 1.807) is 0 Å². The Hall–Kier alpha value is -1.81. The van der Waals surface area contributed by atoms with E-state index in [9.17, 15) is 4.79 Å². The van der Waals surface area contributed by atoms with Gasteiger partial charge in [0.05, 0.1) is 0 Å². The quantitative estimate of drug-likeness (QED) is 0.928. The highest BCUT2D eigenvalue weighted by atomic mass is 79.9. The van der Waals surface area contributed by atoms with Crippen molar-refractivity contribution < 1.29 is 9.53 Å². The van der Waals surface area contributed by atoms with E-state index in [-0.39, 0.29) is 6.61 Å². The van der Waals surface area contributed by atoms with E-state index in [0.29, 0.717) is 6.54 Å². The minimum Gasteiger partial charge on any atom is -0.445 e. The predicted molar refractivity (Wildman–Crippen MR) is 77.6 cm³/mol. The first-order valence-electron chi connectivity index (χ1n) is 5.93.